The van der Waals surface area contributed by atoms with Gasteiger partial charge in [-0.1, -0.05) is 0 Å². The van der Waals surface area contributed by atoms with E-state index in [2.05, 4.69) is 0 Å². The van der Waals surface area contributed by atoms with Crippen molar-refractivity contribution in [2.75, 3.05) is 0 Å². The number of benzene rings is 1. The van der Waals surface area contributed by atoms with Gasteiger partial charge in [0, 0.05) is 6.92 Å². The molecule has 0 atom stereocenters. The minimum atomic E-state index is -1.26. The van der Waals surface area contributed by atoms with Gasteiger partial charge in [0.15, 0.2) is 0 Å². The van der Waals surface area contributed by atoms with E-state index >= 15 is 0 Å². The van der Waals surface area contributed by atoms with Gasteiger partial charge in [0.2, 0.25) is 0 Å². The van der Waals surface area contributed by atoms with Gasteiger partial charge in [-0.2, -0.15) is 0 Å². The van der Waals surface area contributed by atoms with Crippen LogP contribution in [-0.2, 0) is 4.79 Å². The van der Waals surface area contributed by atoms with Crippen molar-refractivity contribution in [1.82, 2.24) is 0 Å². The van der Waals surface area contributed by atoms with E-state index in [4.69, 9.17) is 4.74 Å². The Balaban J connectivity index is 0.00000169. The molecule has 1 rings (SSSR count). The summed E-state index contributed by atoms with van der Waals surface area (Å²) in [6.07, 6.45) is 0. The van der Waals surface area contributed by atoms with Gasteiger partial charge in [0.25, 0.3) is 0 Å². The zero-order chi connectivity index (χ0) is 9.84. The molecule has 1 aromatic carbocycles. The molecule has 0 spiro atoms. The van der Waals surface area contributed by atoms with Crippen LogP contribution in [0, 0.1) is 0 Å². The van der Waals surface area contributed by atoms with Gasteiger partial charge in [0.05, 0.1) is 5.97 Å². The third-order valence-electron chi connectivity index (χ3n) is 1.35. The molecule has 5 heteroatoms. The molecule has 0 aliphatic rings. The Kier molecular flexibility index (Phi) is 6.22. The molecule has 0 unspecified atom stereocenters. The maximum Gasteiger partial charge on any atom is 1.00 e. The smallest absolute Gasteiger partial charge is 0.545 e. The average Bonchev–Trinajstić information content (AvgIpc) is 2.04. The number of carbonyl (C=O) groups excluding carboxylic acids is 2. The molecule has 1 aromatic rings. The second-order valence-corrected chi connectivity index (χ2v) is 2.41. The van der Waals surface area contributed by atoms with Crippen molar-refractivity contribution in [3.63, 3.8) is 0 Å². The van der Waals surface area contributed by atoms with Crippen molar-refractivity contribution in [3.05, 3.63) is 29.8 Å². The molecule has 0 aliphatic heterocycles. The Hall–Kier alpha value is -0.204. The van der Waals surface area contributed by atoms with Gasteiger partial charge >= 0.3 is 57.4 Å². The first-order valence-corrected chi connectivity index (χ1v) is 3.59. The molecule has 0 radical (unpaired) electrons. The first-order valence-electron chi connectivity index (χ1n) is 3.59. The van der Waals surface area contributed by atoms with Crippen LogP contribution < -0.4 is 61.2 Å². The minimum Gasteiger partial charge on any atom is -0.545 e. The standard InChI is InChI=1S/C9H8O4.K/c1-6(10)13-8-4-2-7(3-5-8)9(11)12;/h2-5H,1H3,(H,11,12);/q;+1/p-1. The van der Waals surface area contributed by atoms with Crippen LogP contribution in [0.4, 0.5) is 0 Å². The van der Waals surface area contributed by atoms with Crippen LogP contribution in [0.1, 0.15) is 17.3 Å². The van der Waals surface area contributed by atoms with E-state index in [0.717, 1.165) is 0 Å². The summed E-state index contributed by atoms with van der Waals surface area (Å²) in [5, 5.41) is 10.3. The van der Waals surface area contributed by atoms with Gasteiger partial charge in [-0.15, -0.1) is 0 Å². The summed E-state index contributed by atoms with van der Waals surface area (Å²) >= 11 is 0. The Bertz CT molecular complexity index is 331. The first-order chi connectivity index (χ1) is 6.09. The number of hydrogen-bond donors (Lipinski definition) is 0. The predicted octanol–water partition coefficient (Wildman–Crippen LogP) is -3.02. The molecule has 0 saturated heterocycles. The van der Waals surface area contributed by atoms with Crippen LogP contribution >= 0.6 is 0 Å². The van der Waals surface area contributed by atoms with Gasteiger partial charge in [-0.3, -0.25) is 4.79 Å². The summed E-state index contributed by atoms with van der Waals surface area (Å²) < 4.78 is 4.70. The summed E-state index contributed by atoms with van der Waals surface area (Å²) in [7, 11) is 0. The van der Waals surface area contributed by atoms with E-state index in [0.29, 0.717) is 5.75 Å². The summed E-state index contributed by atoms with van der Waals surface area (Å²) in [6.45, 7) is 1.27. The van der Waals surface area contributed by atoms with E-state index in [1.807, 2.05) is 0 Å². The Labute approximate surface area is 124 Å². The van der Waals surface area contributed by atoms with Crippen LogP contribution in [0.15, 0.2) is 24.3 Å². The summed E-state index contributed by atoms with van der Waals surface area (Å²) in [5.74, 6) is -1.38. The third-order valence-corrected chi connectivity index (χ3v) is 1.35. The fourth-order valence-corrected chi connectivity index (χ4v) is 0.825. The zero-order valence-corrected chi connectivity index (χ0v) is 11.1. The Morgan fingerprint density at radius 1 is 1.21 bits per heavy atom. The fourth-order valence-electron chi connectivity index (χ4n) is 0.825. The number of hydrogen-bond acceptors (Lipinski definition) is 4. The first kappa shape index (κ1) is 13.8. The van der Waals surface area contributed by atoms with Crippen LogP contribution in [-0.4, -0.2) is 11.9 Å². The molecule has 14 heavy (non-hydrogen) atoms. The van der Waals surface area contributed by atoms with Crippen molar-refractivity contribution >= 4 is 11.9 Å². The molecule has 68 valence electrons. The van der Waals surface area contributed by atoms with Crippen molar-refractivity contribution in [3.8, 4) is 5.75 Å². The number of carboxylic acid groups (broad SMARTS) is 1. The Morgan fingerprint density at radius 2 is 1.71 bits per heavy atom. The number of esters is 1. The van der Waals surface area contributed by atoms with Crippen molar-refractivity contribution in [2.24, 2.45) is 0 Å². The van der Waals surface area contributed by atoms with Crippen molar-refractivity contribution < 1.29 is 70.8 Å². The average molecular weight is 218 g/mol. The molecule has 0 bridgehead atoms. The van der Waals surface area contributed by atoms with Gasteiger partial charge in [-0.05, 0) is 29.8 Å². The molecule has 0 heterocycles. The second-order valence-electron chi connectivity index (χ2n) is 2.41. The molecule has 0 N–H and O–H groups in total. The van der Waals surface area contributed by atoms with E-state index < -0.39 is 11.9 Å². The minimum absolute atomic E-state index is 0. The second kappa shape index (κ2) is 6.31. The maximum atomic E-state index is 10.5. The quantitative estimate of drug-likeness (QED) is 0.301. The van der Waals surface area contributed by atoms with E-state index in [-0.39, 0.29) is 56.9 Å². The summed E-state index contributed by atoms with van der Waals surface area (Å²) in [5.41, 5.74) is 0.0518. The summed E-state index contributed by atoms with van der Waals surface area (Å²) in [6, 6.07) is 5.42. The molecule has 0 fully saturated rings. The molecular formula is C9H7KO4. The molecule has 0 saturated carbocycles. The largest absolute Gasteiger partial charge is 1.00 e. The van der Waals surface area contributed by atoms with Crippen molar-refractivity contribution in [1.29, 1.82) is 0 Å². The SMILES string of the molecule is CC(=O)Oc1ccc(C(=O)[O-])cc1.[K+]. The number of carbonyl (C=O) groups is 2. The van der Waals surface area contributed by atoms with E-state index in [1.54, 1.807) is 0 Å². The normalized spacial score (nSPS) is 8.64. The van der Waals surface area contributed by atoms with E-state index in [9.17, 15) is 14.7 Å². The topological polar surface area (TPSA) is 66.4 Å². The van der Waals surface area contributed by atoms with Crippen LogP contribution in [0.5, 0.6) is 5.75 Å². The zero-order valence-electron chi connectivity index (χ0n) is 7.94. The number of rotatable bonds is 2. The maximum absolute atomic E-state index is 10.5. The molecular weight excluding hydrogens is 211 g/mol. The van der Waals surface area contributed by atoms with Crippen molar-refractivity contribution in [2.45, 2.75) is 6.92 Å². The molecule has 0 aliphatic carbocycles. The Morgan fingerprint density at radius 3 is 2.07 bits per heavy atom. The number of aromatic carboxylic acids is 1. The van der Waals surface area contributed by atoms with Crippen LogP contribution in [0.2, 0.25) is 0 Å². The fraction of sp³-hybridized carbons (Fsp3) is 0.111. The third kappa shape index (κ3) is 4.34. The molecule has 4 nitrogen and oxygen atoms in total. The molecule has 0 aromatic heterocycles. The predicted molar refractivity (Wildman–Crippen MR) is 42.1 cm³/mol. The van der Waals surface area contributed by atoms with Gasteiger partial charge < -0.3 is 14.6 Å². The number of carboxylic acids is 1. The number of ether oxygens (including phenoxy) is 1. The monoisotopic (exact) mass is 218 g/mol. The van der Waals surface area contributed by atoms with Crippen LogP contribution in [0.3, 0.4) is 0 Å². The molecule has 0 amide bonds. The van der Waals surface area contributed by atoms with Gasteiger partial charge in [-0.25, -0.2) is 0 Å². The van der Waals surface area contributed by atoms with Crippen LogP contribution in [0.25, 0.3) is 0 Å². The van der Waals surface area contributed by atoms with Gasteiger partial charge in [0.1, 0.15) is 5.75 Å². The summed E-state index contributed by atoms with van der Waals surface area (Å²) in [4.78, 5) is 20.8. The van der Waals surface area contributed by atoms with E-state index in [1.165, 1.54) is 31.2 Å².